The first-order valence-corrected chi connectivity index (χ1v) is 3.51. The molecule has 0 bridgehead atoms. The average Bonchev–Trinajstić information content (AvgIpc) is 2.08. The molecule has 2 N–H and O–H groups in total. The van der Waals surface area contributed by atoms with Crippen molar-refractivity contribution in [3.8, 4) is 0 Å². The minimum atomic E-state index is -2.79. The zero-order valence-electron chi connectivity index (χ0n) is 6.48. The lowest BCUT2D eigenvalue weighted by Gasteiger charge is -2.10. The highest BCUT2D eigenvalue weighted by molar-refractivity contribution is 5.21. The van der Waals surface area contributed by atoms with Crippen LogP contribution in [0.2, 0.25) is 0 Å². The van der Waals surface area contributed by atoms with Crippen LogP contribution in [-0.4, -0.2) is 6.43 Å². The minimum absolute atomic E-state index is 0.117. The number of benzene rings is 1. The Morgan fingerprint density at radius 3 is 2.15 bits per heavy atom. The first-order chi connectivity index (χ1) is 6.02. The molecule has 72 valence electrons. The predicted octanol–water partition coefficient (Wildman–Crippen LogP) is 2.23. The molecule has 0 saturated carbocycles. The Kier molecular flexibility index (Phi) is 2.87. The van der Waals surface area contributed by atoms with Crippen LogP contribution in [0.5, 0.6) is 0 Å². The molecule has 1 rings (SSSR count). The monoisotopic (exact) mass is 193 g/mol. The van der Waals surface area contributed by atoms with Crippen LogP contribution in [0.3, 0.4) is 0 Å². The third kappa shape index (κ3) is 2.18. The van der Waals surface area contributed by atoms with Crippen molar-refractivity contribution >= 4 is 0 Å². The molecule has 0 spiro atoms. The molecular weight excluding hydrogens is 186 g/mol. The lowest BCUT2D eigenvalue weighted by molar-refractivity contribution is 0.116. The van der Waals surface area contributed by atoms with Gasteiger partial charge in [0.25, 0.3) is 6.43 Å². The molecule has 1 aromatic carbocycles. The molecule has 1 unspecified atom stereocenters. The van der Waals surface area contributed by atoms with Gasteiger partial charge in [-0.1, -0.05) is 6.07 Å². The lowest BCUT2D eigenvalue weighted by atomic mass is 10.1. The Hall–Kier alpha value is -1.10. The molecule has 1 nitrogen and oxygen atoms in total. The van der Waals surface area contributed by atoms with E-state index >= 15 is 0 Å². The Morgan fingerprint density at radius 1 is 1.08 bits per heavy atom. The van der Waals surface area contributed by atoms with Crippen LogP contribution in [0.25, 0.3) is 0 Å². The zero-order valence-corrected chi connectivity index (χ0v) is 6.48. The Balaban J connectivity index is 2.97. The van der Waals surface area contributed by atoms with Gasteiger partial charge >= 0.3 is 0 Å². The molecule has 0 fully saturated rings. The average molecular weight is 193 g/mol. The fraction of sp³-hybridized carbons (Fsp3) is 0.250. The maximum absolute atomic E-state index is 12.5. The second-order valence-corrected chi connectivity index (χ2v) is 2.53. The molecule has 0 radical (unpaired) electrons. The summed E-state index contributed by atoms with van der Waals surface area (Å²) in [7, 11) is 0. The second-order valence-electron chi connectivity index (χ2n) is 2.53. The molecule has 1 atom stereocenters. The number of nitrogens with two attached hydrogens (primary N) is 1. The number of rotatable bonds is 2. The van der Waals surface area contributed by atoms with Crippen molar-refractivity contribution in [1.82, 2.24) is 0 Å². The molecule has 1 aromatic rings. The highest BCUT2D eigenvalue weighted by atomic mass is 19.3. The van der Waals surface area contributed by atoms with Gasteiger partial charge < -0.3 is 5.73 Å². The van der Waals surface area contributed by atoms with Gasteiger partial charge in [0.1, 0.15) is 0 Å². The van der Waals surface area contributed by atoms with Crippen LogP contribution < -0.4 is 5.73 Å². The van der Waals surface area contributed by atoms with Crippen LogP contribution in [-0.2, 0) is 0 Å². The largest absolute Gasteiger partial charge is 0.319 e. The van der Waals surface area contributed by atoms with Gasteiger partial charge in [-0.15, -0.1) is 0 Å². The number of alkyl halides is 2. The van der Waals surface area contributed by atoms with Crippen LogP contribution in [0.1, 0.15) is 11.6 Å². The summed E-state index contributed by atoms with van der Waals surface area (Å²) in [5.74, 6) is -2.25. The molecule has 5 heteroatoms. The Morgan fingerprint density at radius 2 is 1.69 bits per heavy atom. The van der Waals surface area contributed by atoms with E-state index in [0.717, 1.165) is 12.1 Å². The summed E-state index contributed by atoms with van der Waals surface area (Å²) >= 11 is 0. The van der Waals surface area contributed by atoms with E-state index < -0.39 is 24.1 Å². The third-order valence-electron chi connectivity index (χ3n) is 1.60. The van der Waals surface area contributed by atoms with E-state index in [4.69, 9.17) is 5.73 Å². The first-order valence-electron chi connectivity index (χ1n) is 3.51. The van der Waals surface area contributed by atoms with Gasteiger partial charge in [0.05, 0.1) is 6.04 Å². The van der Waals surface area contributed by atoms with Gasteiger partial charge in [-0.05, 0) is 17.7 Å². The van der Waals surface area contributed by atoms with E-state index in [-0.39, 0.29) is 5.56 Å². The molecule has 0 heterocycles. The molecule has 0 aliphatic carbocycles. The standard InChI is InChI=1S/C8H7F4N/c9-5-2-1-4(3-6(5)10)7(13)8(11)12/h1-3,7-8H,13H2. The third-order valence-corrected chi connectivity index (χ3v) is 1.60. The zero-order chi connectivity index (χ0) is 10.0. The van der Waals surface area contributed by atoms with Crippen molar-refractivity contribution in [2.45, 2.75) is 12.5 Å². The highest BCUT2D eigenvalue weighted by Gasteiger charge is 2.18. The van der Waals surface area contributed by atoms with Gasteiger partial charge in [-0.25, -0.2) is 17.6 Å². The summed E-state index contributed by atoms with van der Waals surface area (Å²) in [5, 5.41) is 0. The van der Waals surface area contributed by atoms with E-state index in [1.54, 1.807) is 0 Å². The van der Waals surface area contributed by atoms with Gasteiger partial charge in [-0.3, -0.25) is 0 Å². The summed E-state index contributed by atoms with van der Waals surface area (Å²) in [4.78, 5) is 0. The van der Waals surface area contributed by atoms with Crippen LogP contribution in [0, 0.1) is 11.6 Å². The molecule has 0 aliphatic heterocycles. The smallest absolute Gasteiger partial charge is 0.257 e. The summed E-state index contributed by atoms with van der Waals surface area (Å²) in [6, 6.07) is 0.906. The number of hydrogen-bond donors (Lipinski definition) is 1. The maximum atomic E-state index is 12.5. The number of hydrogen-bond acceptors (Lipinski definition) is 1. The van der Waals surface area contributed by atoms with Crippen molar-refractivity contribution in [2.24, 2.45) is 5.73 Å². The lowest BCUT2D eigenvalue weighted by Crippen LogP contribution is -2.19. The fourth-order valence-electron chi connectivity index (χ4n) is 0.865. The van der Waals surface area contributed by atoms with Gasteiger partial charge in [-0.2, -0.15) is 0 Å². The SMILES string of the molecule is NC(c1ccc(F)c(F)c1)C(F)F. The van der Waals surface area contributed by atoms with Crippen molar-refractivity contribution in [3.05, 3.63) is 35.4 Å². The topological polar surface area (TPSA) is 26.0 Å². The quantitative estimate of drug-likeness (QED) is 0.716. The van der Waals surface area contributed by atoms with Crippen molar-refractivity contribution in [2.75, 3.05) is 0 Å². The van der Waals surface area contributed by atoms with Gasteiger partial charge in [0.2, 0.25) is 0 Å². The highest BCUT2D eigenvalue weighted by Crippen LogP contribution is 2.19. The predicted molar refractivity (Wildman–Crippen MR) is 39.3 cm³/mol. The minimum Gasteiger partial charge on any atom is -0.319 e. The Bertz CT molecular complexity index is 300. The van der Waals surface area contributed by atoms with Gasteiger partial charge in [0, 0.05) is 0 Å². The van der Waals surface area contributed by atoms with E-state index in [1.165, 1.54) is 0 Å². The van der Waals surface area contributed by atoms with Gasteiger partial charge in [0.15, 0.2) is 11.6 Å². The summed E-state index contributed by atoms with van der Waals surface area (Å²) in [6.45, 7) is 0. The Labute approximate surface area is 72.2 Å². The van der Waals surface area contributed by atoms with E-state index in [1.807, 2.05) is 0 Å². The summed E-state index contributed by atoms with van der Waals surface area (Å²) in [5.41, 5.74) is 4.90. The summed E-state index contributed by atoms with van der Waals surface area (Å²) < 4.78 is 48.9. The molecule has 0 saturated heterocycles. The van der Waals surface area contributed by atoms with E-state index in [2.05, 4.69) is 0 Å². The van der Waals surface area contributed by atoms with Crippen LogP contribution in [0.4, 0.5) is 17.6 Å². The van der Waals surface area contributed by atoms with Crippen molar-refractivity contribution in [3.63, 3.8) is 0 Å². The number of halogens is 4. The maximum Gasteiger partial charge on any atom is 0.257 e. The normalized spacial score (nSPS) is 13.4. The van der Waals surface area contributed by atoms with Crippen LogP contribution in [0.15, 0.2) is 18.2 Å². The first kappa shape index (κ1) is 9.98. The molecule has 0 amide bonds. The molecule has 0 aliphatic rings. The summed E-state index contributed by atoms with van der Waals surface area (Å²) in [6.07, 6.45) is -2.79. The van der Waals surface area contributed by atoms with Crippen LogP contribution >= 0.6 is 0 Å². The van der Waals surface area contributed by atoms with Crippen molar-refractivity contribution in [1.29, 1.82) is 0 Å². The molecule has 0 aromatic heterocycles. The molecular formula is C8H7F4N. The second kappa shape index (κ2) is 3.74. The van der Waals surface area contributed by atoms with E-state index in [9.17, 15) is 17.6 Å². The van der Waals surface area contributed by atoms with Crippen molar-refractivity contribution < 1.29 is 17.6 Å². The fourth-order valence-corrected chi connectivity index (χ4v) is 0.865. The van der Waals surface area contributed by atoms with E-state index in [0.29, 0.717) is 6.07 Å². The molecule has 13 heavy (non-hydrogen) atoms.